The van der Waals surface area contributed by atoms with Crippen molar-refractivity contribution in [3.63, 3.8) is 0 Å². The van der Waals surface area contributed by atoms with Crippen LogP contribution in [0, 0.1) is 0 Å². The van der Waals surface area contributed by atoms with Crippen LogP contribution in [0.5, 0.6) is 0 Å². The lowest BCUT2D eigenvalue weighted by Gasteiger charge is -2.22. The van der Waals surface area contributed by atoms with E-state index in [2.05, 4.69) is 11.9 Å². The molecule has 1 amide bonds. The monoisotopic (exact) mass is 261 g/mol. The number of alkyl carbamates (subject to hydrolysis) is 1. The zero-order chi connectivity index (χ0) is 13.6. The summed E-state index contributed by atoms with van der Waals surface area (Å²) in [5, 5.41) is 11.2. The molecule has 6 heteroatoms. The number of amides is 1. The molecular weight excluding hydrogens is 242 g/mol. The number of aliphatic carboxylic acids is 1. The number of carboxylic acid groups (broad SMARTS) is 1. The van der Waals surface area contributed by atoms with E-state index in [9.17, 15) is 9.59 Å². The van der Waals surface area contributed by atoms with Gasteiger partial charge in [0.2, 0.25) is 0 Å². The maximum absolute atomic E-state index is 11.4. The van der Waals surface area contributed by atoms with Crippen molar-refractivity contribution in [1.82, 2.24) is 5.32 Å². The zero-order valence-electron chi connectivity index (χ0n) is 10.6. The summed E-state index contributed by atoms with van der Waals surface area (Å²) in [6.45, 7) is 8.82. The number of carbonyl (C=O) groups excluding carboxylic acids is 1. The number of hydrogen-bond donors (Lipinski definition) is 2. The number of thioether (sulfide) groups is 1. The van der Waals surface area contributed by atoms with Crippen molar-refractivity contribution in [2.45, 2.75) is 38.8 Å². The van der Waals surface area contributed by atoms with Crippen molar-refractivity contribution in [2.24, 2.45) is 0 Å². The summed E-state index contributed by atoms with van der Waals surface area (Å²) < 4.78 is 4.98. The maximum atomic E-state index is 11.4. The van der Waals surface area contributed by atoms with Crippen molar-refractivity contribution < 1.29 is 19.4 Å². The summed E-state index contributed by atoms with van der Waals surface area (Å²) in [6, 6.07) is -1.01. The molecule has 0 aliphatic heterocycles. The third kappa shape index (κ3) is 7.68. The van der Waals surface area contributed by atoms with E-state index in [0.717, 1.165) is 0 Å². The maximum Gasteiger partial charge on any atom is 0.408 e. The quantitative estimate of drug-likeness (QED) is 0.793. The van der Waals surface area contributed by atoms with E-state index in [1.165, 1.54) is 11.8 Å². The van der Waals surface area contributed by atoms with Gasteiger partial charge in [0.1, 0.15) is 11.6 Å². The van der Waals surface area contributed by atoms with Crippen LogP contribution in [0.25, 0.3) is 0 Å². The van der Waals surface area contributed by atoms with Crippen LogP contribution in [0.15, 0.2) is 11.5 Å². The molecule has 0 aliphatic carbocycles. The normalized spacial score (nSPS) is 12.7. The Morgan fingerprint density at radius 1 is 1.47 bits per heavy atom. The van der Waals surface area contributed by atoms with Gasteiger partial charge in [-0.3, -0.25) is 0 Å². The SMILES string of the molecule is C=C(CC(NC(=O)OC(C)(C)C)C(=O)O)SC. The van der Waals surface area contributed by atoms with Crippen LogP contribution >= 0.6 is 11.8 Å². The van der Waals surface area contributed by atoms with Crippen molar-refractivity contribution >= 4 is 23.8 Å². The first-order valence-electron chi connectivity index (χ1n) is 5.10. The Labute approximate surface area is 106 Å². The van der Waals surface area contributed by atoms with Gasteiger partial charge in [-0.25, -0.2) is 9.59 Å². The summed E-state index contributed by atoms with van der Waals surface area (Å²) in [6.07, 6.45) is 1.24. The van der Waals surface area contributed by atoms with Crippen molar-refractivity contribution in [2.75, 3.05) is 6.26 Å². The first-order chi connectivity index (χ1) is 7.65. The van der Waals surface area contributed by atoms with Crippen LogP contribution < -0.4 is 5.32 Å². The van der Waals surface area contributed by atoms with Crippen molar-refractivity contribution in [3.8, 4) is 0 Å². The van der Waals surface area contributed by atoms with E-state index in [0.29, 0.717) is 4.91 Å². The molecule has 17 heavy (non-hydrogen) atoms. The Balaban J connectivity index is 4.41. The highest BCUT2D eigenvalue weighted by Gasteiger charge is 2.24. The fourth-order valence-corrected chi connectivity index (χ4v) is 1.29. The van der Waals surface area contributed by atoms with E-state index in [-0.39, 0.29) is 6.42 Å². The molecule has 0 bridgehead atoms. The average molecular weight is 261 g/mol. The van der Waals surface area contributed by atoms with Gasteiger partial charge in [0, 0.05) is 6.42 Å². The van der Waals surface area contributed by atoms with Gasteiger partial charge in [-0.1, -0.05) is 6.58 Å². The predicted octanol–water partition coefficient (Wildman–Crippen LogP) is 2.23. The summed E-state index contributed by atoms with van der Waals surface area (Å²) in [5.74, 6) is -1.11. The molecule has 1 atom stereocenters. The van der Waals surface area contributed by atoms with Gasteiger partial charge >= 0.3 is 12.1 Å². The zero-order valence-corrected chi connectivity index (χ0v) is 11.4. The van der Waals surface area contributed by atoms with Crippen molar-refractivity contribution in [1.29, 1.82) is 0 Å². The number of hydrogen-bond acceptors (Lipinski definition) is 4. The van der Waals surface area contributed by atoms with E-state index in [1.54, 1.807) is 27.0 Å². The first-order valence-corrected chi connectivity index (χ1v) is 6.32. The number of ether oxygens (including phenoxy) is 1. The van der Waals surface area contributed by atoms with Gasteiger partial charge < -0.3 is 15.2 Å². The lowest BCUT2D eigenvalue weighted by Crippen LogP contribution is -2.43. The Bertz CT molecular complexity index is 309. The van der Waals surface area contributed by atoms with E-state index in [4.69, 9.17) is 9.84 Å². The minimum atomic E-state index is -1.11. The molecule has 0 fully saturated rings. The smallest absolute Gasteiger partial charge is 0.408 e. The molecule has 0 aliphatic rings. The minimum Gasteiger partial charge on any atom is -0.480 e. The van der Waals surface area contributed by atoms with Crippen LogP contribution in [0.3, 0.4) is 0 Å². The molecule has 0 saturated carbocycles. The van der Waals surface area contributed by atoms with Gasteiger partial charge in [0.15, 0.2) is 0 Å². The van der Waals surface area contributed by atoms with Crippen LogP contribution in [0.1, 0.15) is 27.2 Å². The van der Waals surface area contributed by atoms with E-state index in [1.807, 2.05) is 0 Å². The number of rotatable bonds is 5. The molecular formula is C11H19NO4S. The summed E-state index contributed by atoms with van der Waals surface area (Å²) in [5.41, 5.74) is -0.649. The third-order valence-corrected chi connectivity index (χ3v) is 2.45. The molecule has 0 spiro atoms. The second kappa shape index (κ2) is 6.54. The molecule has 2 N–H and O–H groups in total. The van der Waals surface area contributed by atoms with E-state index < -0.39 is 23.7 Å². The summed E-state index contributed by atoms with van der Waals surface area (Å²) in [4.78, 5) is 23.0. The third-order valence-electron chi connectivity index (χ3n) is 1.71. The highest BCUT2D eigenvalue weighted by molar-refractivity contribution is 8.02. The van der Waals surface area contributed by atoms with Crippen LogP contribution in [0.4, 0.5) is 4.79 Å². The van der Waals surface area contributed by atoms with Gasteiger partial charge in [-0.2, -0.15) is 0 Å². The molecule has 0 aromatic rings. The number of carbonyl (C=O) groups is 2. The number of nitrogens with one attached hydrogen (secondary N) is 1. The molecule has 0 aromatic carbocycles. The summed E-state index contributed by atoms with van der Waals surface area (Å²) in [7, 11) is 0. The van der Waals surface area contributed by atoms with Crippen LogP contribution in [-0.4, -0.2) is 35.1 Å². The average Bonchev–Trinajstić information content (AvgIpc) is 2.13. The largest absolute Gasteiger partial charge is 0.480 e. The topological polar surface area (TPSA) is 75.6 Å². The minimum absolute atomic E-state index is 0.176. The lowest BCUT2D eigenvalue weighted by atomic mass is 10.2. The molecule has 0 radical (unpaired) electrons. The summed E-state index contributed by atoms with van der Waals surface area (Å²) >= 11 is 1.36. The Morgan fingerprint density at radius 2 is 2.00 bits per heavy atom. The first kappa shape index (κ1) is 15.8. The highest BCUT2D eigenvalue weighted by Crippen LogP contribution is 2.16. The van der Waals surface area contributed by atoms with E-state index >= 15 is 0 Å². The van der Waals surface area contributed by atoms with Gasteiger partial charge in [0.25, 0.3) is 0 Å². The molecule has 1 unspecified atom stereocenters. The van der Waals surface area contributed by atoms with Crippen LogP contribution in [-0.2, 0) is 9.53 Å². The molecule has 0 saturated heterocycles. The molecule has 0 rings (SSSR count). The van der Waals surface area contributed by atoms with Crippen LogP contribution in [0.2, 0.25) is 0 Å². The number of carboxylic acids is 1. The molecule has 98 valence electrons. The van der Waals surface area contributed by atoms with Gasteiger partial charge in [0.05, 0.1) is 0 Å². The molecule has 0 heterocycles. The van der Waals surface area contributed by atoms with Crippen molar-refractivity contribution in [3.05, 3.63) is 11.5 Å². The second-order valence-corrected chi connectivity index (χ2v) is 5.47. The second-order valence-electron chi connectivity index (χ2n) is 4.48. The fourth-order valence-electron chi connectivity index (χ4n) is 0.961. The molecule has 0 aromatic heterocycles. The fraction of sp³-hybridized carbons (Fsp3) is 0.636. The lowest BCUT2D eigenvalue weighted by molar-refractivity contribution is -0.139. The Hall–Kier alpha value is -1.17. The Morgan fingerprint density at radius 3 is 2.35 bits per heavy atom. The van der Waals surface area contributed by atoms with Gasteiger partial charge in [-0.15, -0.1) is 11.8 Å². The standard InChI is InChI=1S/C11H19NO4S/c1-7(17-5)6-8(9(13)14)12-10(15)16-11(2,3)4/h8H,1,6H2,2-5H3,(H,12,15)(H,13,14). The molecule has 5 nitrogen and oxygen atoms in total. The predicted molar refractivity (Wildman–Crippen MR) is 68.1 cm³/mol. The highest BCUT2D eigenvalue weighted by atomic mass is 32.2. The van der Waals surface area contributed by atoms with Gasteiger partial charge in [-0.05, 0) is 31.9 Å². The Kier molecular flexibility index (Phi) is 6.09.